The largest absolute Gasteiger partial charge is 0.420 e. The molecule has 0 atom stereocenters. The van der Waals surface area contributed by atoms with Crippen molar-refractivity contribution in [3.8, 4) is 10.6 Å². The van der Waals surface area contributed by atoms with Gasteiger partial charge in [-0.2, -0.15) is 13.2 Å². The van der Waals surface area contributed by atoms with Crippen LogP contribution in [0.15, 0.2) is 35.4 Å². The Balaban J connectivity index is 1.22. The zero-order chi connectivity index (χ0) is 28.1. The highest BCUT2D eigenvalue weighted by atomic mass is 32.2. The van der Waals surface area contributed by atoms with Gasteiger partial charge in [-0.1, -0.05) is 0 Å². The van der Waals surface area contributed by atoms with E-state index in [0.29, 0.717) is 46.1 Å². The van der Waals surface area contributed by atoms with E-state index in [2.05, 4.69) is 31.6 Å². The molecule has 1 saturated carbocycles. The summed E-state index contributed by atoms with van der Waals surface area (Å²) < 4.78 is 47.7. The third-order valence-corrected chi connectivity index (χ3v) is 10.2. The fraction of sp³-hybridized carbons (Fsp3) is 0.464. The number of halogens is 3. The van der Waals surface area contributed by atoms with Gasteiger partial charge in [-0.05, 0) is 48.6 Å². The highest BCUT2D eigenvalue weighted by Gasteiger charge is 2.38. The molecule has 2 aromatic heterocycles. The number of alkyl halides is 3. The minimum Gasteiger partial charge on any atom is -0.377 e. The topological polar surface area (TPSA) is 82.6 Å². The summed E-state index contributed by atoms with van der Waals surface area (Å²) in [6.07, 6.45) is -1.65. The molecule has 41 heavy (non-hydrogen) atoms. The third kappa shape index (κ3) is 5.40. The van der Waals surface area contributed by atoms with E-state index in [9.17, 15) is 18.0 Å². The SMILES string of the molecule is O=C1c2sc(-c3nc(Nc4ccc(N5CCNCC5)cc4C4CC4)ncc3C(F)(F)F)cc2SCCN1C1COC1. The molecular weight excluding hydrogens is 573 g/mol. The lowest BCUT2D eigenvalue weighted by Crippen LogP contribution is -2.52. The molecule has 7 rings (SSSR count). The van der Waals surface area contributed by atoms with Gasteiger partial charge in [-0.25, -0.2) is 9.97 Å². The van der Waals surface area contributed by atoms with E-state index >= 15 is 0 Å². The number of ether oxygens (including phenoxy) is 1. The Morgan fingerprint density at radius 2 is 1.90 bits per heavy atom. The van der Waals surface area contributed by atoms with Gasteiger partial charge in [0.25, 0.3) is 5.91 Å². The highest BCUT2D eigenvalue weighted by molar-refractivity contribution is 7.99. The van der Waals surface area contributed by atoms with Crippen molar-refractivity contribution >= 4 is 46.3 Å². The number of piperazine rings is 1. The van der Waals surface area contributed by atoms with E-state index < -0.39 is 11.7 Å². The van der Waals surface area contributed by atoms with Gasteiger partial charge in [0.05, 0.1) is 29.8 Å². The quantitative estimate of drug-likeness (QED) is 0.399. The van der Waals surface area contributed by atoms with Crippen LogP contribution in [-0.2, 0) is 10.9 Å². The van der Waals surface area contributed by atoms with Gasteiger partial charge in [0.15, 0.2) is 0 Å². The van der Waals surface area contributed by atoms with Gasteiger partial charge < -0.3 is 25.2 Å². The average Bonchev–Trinajstić information content (AvgIpc) is 3.72. The van der Waals surface area contributed by atoms with Crippen molar-refractivity contribution in [3.63, 3.8) is 0 Å². The van der Waals surface area contributed by atoms with Crippen LogP contribution in [-0.4, -0.2) is 78.5 Å². The number of carbonyl (C=O) groups is 1. The molecule has 0 radical (unpaired) electrons. The van der Waals surface area contributed by atoms with Crippen molar-refractivity contribution in [2.75, 3.05) is 61.9 Å². The smallest absolute Gasteiger partial charge is 0.377 e. The summed E-state index contributed by atoms with van der Waals surface area (Å²) in [4.78, 5) is 27.4. The van der Waals surface area contributed by atoms with Crippen LogP contribution in [0.1, 0.15) is 39.6 Å². The van der Waals surface area contributed by atoms with Crippen LogP contribution in [0.2, 0.25) is 0 Å². The highest BCUT2D eigenvalue weighted by Crippen LogP contribution is 2.46. The molecule has 3 fully saturated rings. The zero-order valence-corrected chi connectivity index (χ0v) is 23.8. The Morgan fingerprint density at radius 1 is 1.10 bits per heavy atom. The minimum atomic E-state index is -4.65. The number of hydrogen-bond acceptors (Lipinski definition) is 9. The fourth-order valence-electron chi connectivity index (χ4n) is 5.46. The van der Waals surface area contributed by atoms with E-state index in [4.69, 9.17) is 4.74 Å². The monoisotopic (exact) mass is 602 g/mol. The maximum absolute atomic E-state index is 14.1. The van der Waals surface area contributed by atoms with Gasteiger partial charge >= 0.3 is 6.18 Å². The van der Waals surface area contributed by atoms with Crippen LogP contribution in [0.3, 0.4) is 0 Å². The van der Waals surface area contributed by atoms with Crippen LogP contribution in [0.25, 0.3) is 10.6 Å². The number of thiophene rings is 1. The lowest BCUT2D eigenvalue weighted by Gasteiger charge is -2.36. The molecule has 0 bridgehead atoms. The van der Waals surface area contributed by atoms with Gasteiger partial charge in [0, 0.05) is 60.9 Å². The van der Waals surface area contributed by atoms with E-state index in [0.717, 1.165) is 73.5 Å². The number of aromatic nitrogens is 2. The molecule has 2 N–H and O–H groups in total. The standard InChI is InChI=1S/C28H29F3N6O2S2/c29-28(30,31)20-13-33-27(34-21-4-3-17(11-19(21)16-1-2-16)36-7-5-32-6-8-36)35-24(20)22-12-23-25(41-22)26(38)37(9-10-40-23)18-14-39-15-18/h3-4,11-13,16,18,32H,1-2,5-10,14-15H2,(H,33,34,35). The molecule has 3 aromatic rings. The zero-order valence-electron chi connectivity index (χ0n) is 22.2. The number of amides is 1. The minimum absolute atomic E-state index is 0.0128. The van der Waals surface area contributed by atoms with Crippen LogP contribution >= 0.6 is 23.1 Å². The second kappa shape index (κ2) is 10.8. The third-order valence-electron chi connectivity index (χ3n) is 7.91. The number of thioether (sulfide) groups is 1. The lowest BCUT2D eigenvalue weighted by molar-refractivity contribution is -0.137. The first-order chi connectivity index (χ1) is 19.8. The van der Waals surface area contributed by atoms with E-state index in [1.54, 1.807) is 11.0 Å². The first-order valence-corrected chi connectivity index (χ1v) is 15.6. The molecule has 8 nitrogen and oxygen atoms in total. The Hall–Kier alpha value is -2.87. The molecule has 3 aliphatic heterocycles. The summed E-state index contributed by atoms with van der Waals surface area (Å²) in [5, 5.41) is 6.59. The van der Waals surface area contributed by atoms with Crippen LogP contribution < -0.4 is 15.5 Å². The number of hydrogen-bond donors (Lipinski definition) is 2. The second-order valence-corrected chi connectivity index (χ2v) is 12.9. The van der Waals surface area contributed by atoms with Crippen molar-refractivity contribution in [1.82, 2.24) is 20.2 Å². The van der Waals surface area contributed by atoms with Gasteiger partial charge in [-0.3, -0.25) is 4.79 Å². The molecule has 13 heteroatoms. The predicted octanol–water partition coefficient (Wildman–Crippen LogP) is 5.20. The summed E-state index contributed by atoms with van der Waals surface area (Å²) in [6.45, 7) is 5.29. The molecule has 1 aliphatic carbocycles. The summed E-state index contributed by atoms with van der Waals surface area (Å²) >= 11 is 2.55. The number of fused-ring (bicyclic) bond motifs is 1. The van der Waals surface area contributed by atoms with Crippen LogP contribution in [0, 0.1) is 0 Å². The summed E-state index contributed by atoms with van der Waals surface area (Å²) in [6, 6.07) is 7.89. The van der Waals surface area contributed by atoms with Gasteiger partial charge in [-0.15, -0.1) is 23.1 Å². The molecular formula is C28H29F3N6O2S2. The van der Waals surface area contributed by atoms with Crippen LogP contribution in [0.5, 0.6) is 0 Å². The molecule has 216 valence electrons. The van der Waals surface area contributed by atoms with E-state index in [1.807, 2.05) is 12.1 Å². The Kier molecular flexibility index (Phi) is 7.08. The maximum atomic E-state index is 14.1. The fourth-order valence-corrected chi connectivity index (χ4v) is 7.78. The summed E-state index contributed by atoms with van der Waals surface area (Å²) in [5.41, 5.74) is 1.96. The average molecular weight is 603 g/mol. The first-order valence-electron chi connectivity index (χ1n) is 13.8. The number of benzene rings is 1. The molecule has 2 saturated heterocycles. The Bertz CT molecular complexity index is 1470. The Morgan fingerprint density at radius 3 is 2.61 bits per heavy atom. The molecule has 4 aliphatic rings. The number of rotatable bonds is 6. The number of anilines is 3. The number of carbonyl (C=O) groups excluding carboxylic acids is 1. The second-order valence-electron chi connectivity index (χ2n) is 10.7. The molecule has 0 unspecified atom stereocenters. The van der Waals surface area contributed by atoms with Crippen molar-refractivity contribution in [2.45, 2.75) is 35.9 Å². The summed E-state index contributed by atoms with van der Waals surface area (Å²) in [7, 11) is 0. The normalized spacial score (nSPS) is 20.0. The number of nitrogens with zero attached hydrogens (tertiary/aromatic N) is 4. The predicted molar refractivity (Wildman–Crippen MR) is 153 cm³/mol. The molecule has 1 aromatic carbocycles. The lowest BCUT2D eigenvalue weighted by atomic mass is 10.1. The number of nitrogens with one attached hydrogen (secondary N) is 2. The van der Waals surface area contributed by atoms with Crippen molar-refractivity contribution < 1.29 is 22.7 Å². The van der Waals surface area contributed by atoms with E-state index in [1.165, 1.54) is 11.8 Å². The van der Waals surface area contributed by atoms with Gasteiger partial charge in [0.2, 0.25) is 5.95 Å². The van der Waals surface area contributed by atoms with Crippen molar-refractivity contribution in [3.05, 3.63) is 46.5 Å². The first kappa shape index (κ1) is 27.0. The molecule has 1 amide bonds. The molecule has 5 heterocycles. The maximum Gasteiger partial charge on any atom is 0.420 e. The van der Waals surface area contributed by atoms with Crippen molar-refractivity contribution in [2.24, 2.45) is 0 Å². The summed E-state index contributed by atoms with van der Waals surface area (Å²) in [5.74, 6) is 1.02. The van der Waals surface area contributed by atoms with Gasteiger partial charge in [0.1, 0.15) is 10.4 Å². The van der Waals surface area contributed by atoms with E-state index in [-0.39, 0.29) is 23.6 Å². The Labute approximate surface area is 243 Å². The van der Waals surface area contributed by atoms with Crippen LogP contribution in [0.4, 0.5) is 30.5 Å². The van der Waals surface area contributed by atoms with Crippen molar-refractivity contribution in [1.29, 1.82) is 0 Å². The molecule has 0 spiro atoms.